The smallest absolute Gasteiger partial charge is 0.306 e. The van der Waals surface area contributed by atoms with Crippen molar-refractivity contribution in [3.05, 3.63) is 35.9 Å². The molecule has 0 aliphatic carbocycles. The maximum Gasteiger partial charge on any atom is 0.306 e. The molecule has 1 N–H and O–H groups in total. The minimum Gasteiger partial charge on any atom is -0.481 e. The number of benzene rings is 1. The van der Waals surface area contributed by atoms with E-state index in [0.29, 0.717) is 0 Å². The third-order valence-electron chi connectivity index (χ3n) is 1.92. The molecule has 3 nitrogen and oxygen atoms in total. The summed E-state index contributed by atoms with van der Waals surface area (Å²) in [6, 6.07) is 6.52. The summed E-state index contributed by atoms with van der Waals surface area (Å²) in [5.74, 6) is -2.00. The van der Waals surface area contributed by atoms with E-state index in [1.807, 2.05) is 0 Å². The van der Waals surface area contributed by atoms with Crippen LogP contribution in [0, 0.1) is 5.92 Å². The zero-order valence-corrected chi connectivity index (χ0v) is 7.86. The largest absolute Gasteiger partial charge is 0.481 e. The first-order valence-corrected chi connectivity index (χ1v) is 4.34. The van der Waals surface area contributed by atoms with Crippen molar-refractivity contribution in [1.82, 2.24) is 0 Å². The second-order valence-electron chi connectivity index (χ2n) is 3.14. The van der Waals surface area contributed by atoms with Gasteiger partial charge in [0.05, 0.1) is 7.29 Å². The van der Waals surface area contributed by atoms with Crippen LogP contribution in [0.3, 0.4) is 0 Å². The van der Waals surface area contributed by atoms with Gasteiger partial charge in [0.2, 0.25) is 0 Å². The van der Waals surface area contributed by atoms with Gasteiger partial charge in [0.25, 0.3) is 0 Å². The van der Waals surface area contributed by atoms with Gasteiger partial charge in [0, 0.05) is 12.0 Å². The molecule has 1 atom stereocenters. The molecule has 0 aliphatic heterocycles. The molecule has 3 heteroatoms. The van der Waals surface area contributed by atoms with Crippen LogP contribution in [0.4, 0.5) is 0 Å². The van der Waals surface area contributed by atoms with Crippen LogP contribution in [0.1, 0.15) is 25.1 Å². The molecule has 0 amide bonds. The molecule has 14 heavy (non-hydrogen) atoms. The lowest BCUT2D eigenvalue weighted by atomic mass is 10.0. The number of carbonyl (C=O) groups is 2. The van der Waals surface area contributed by atoms with Crippen molar-refractivity contribution >= 4 is 11.8 Å². The second kappa shape index (κ2) is 4.56. The van der Waals surface area contributed by atoms with Gasteiger partial charge in [-0.05, 0) is 0 Å². The van der Waals surface area contributed by atoms with Crippen molar-refractivity contribution in [3.63, 3.8) is 0 Å². The first-order valence-electron chi connectivity index (χ1n) is 4.84. The molecule has 74 valence electrons. The molecule has 0 bridgehead atoms. The van der Waals surface area contributed by atoms with Crippen LogP contribution in [-0.4, -0.2) is 16.9 Å². The fraction of sp³-hybridized carbons (Fsp3) is 0.273. The summed E-state index contributed by atoms with van der Waals surface area (Å²) in [4.78, 5) is 22.1. The Morgan fingerprint density at radius 2 is 2.21 bits per heavy atom. The number of hydrogen-bond donors (Lipinski definition) is 1. The SMILES string of the molecule is [2H]c1ccccc1C(=O)CC(C)C(=O)O. The molecule has 0 saturated heterocycles. The van der Waals surface area contributed by atoms with Crippen LogP contribution in [0.2, 0.25) is 0 Å². The second-order valence-corrected chi connectivity index (χ2v) is 3.14. The van der Waals surface area contributed by atoms with Crippen LogP contribution in [0.5, 0.6) is 0 Å². The molecule has 0 spiro atoms. The van der Waals surface area contributed by atoms with Gasteiger partial charge in [0.15, 0.2) is 5.78 Å². The van der Waals surface area contributed by atoms with Crippen molar-refractivity contribution in [2.45, 2.75) is 13.3 Å². The van der Waals surface area contributed by atoms with Crippen molar-refractivity contribution < 1.29 is 16.1 Å². The number of hydrogen-bond acceptors (Lipinski definition) is 2. The highest BCUT2D eigenvalue weighted by Gasteiger charge is 2.16. The first kappa shape index (κ1) is 8.94. The van der Waals surface area contributed by atoms with E-state index in [0.717, 1.165) is 0 Å². The van der Waals surface area contributed by atoms with E-state index in [-0.39, 0.29) is 23.8 Å². The summed E-state index contributed by atoms with van der Waals surface area (Å²) in [6.45, 7) is 1.48. The minimum absolute atomic E-state index is 0.0643. The van der Waals surface area contributed by atoms with Gasteiger partial charge in [0.1, 0.15) is 0 Å². The number of Topliss-reactive ketones (excluding diaryl/α,β-unsaturated/α-hetero) is 1. The Labute approximate surface area is 83.8 Å². The van der Waals surface area contributed by atoms with Crippen molar-refractivity contribution in [2.24, 2.45) is 5.92 Å². The van der Waals surface area contributed by atoms with Crippen molar-refractivity contribution in [3.8, 4) is 0 Å². The maximum absolute atomic E-state index is 11.6. The third-order valence-corrected chi connectivity index (χ3v) is 1.92. The number of carboxylic acids is 1. The van der Waals surface area contributed by atoms with E-state index in [2.05, 4.69) is 0 Å². The standard InChI is InChI=1S/C11H12O3/c1-8(11(13)14)7-10(12)9-5-3-2-4-6-9/h2-6,8H,7H2,1H3,(H,13,14)/i5D. The Morgan fingerprint density at radius 3 is 2.79 bits per heavy atom. The molecular formula is C11H12O3. The normalized spacial score (nSPS) is 13.1. The van der Waals surface area contributed by atoms with Crippen LogP contribution in [-0.2, 0) is 4.79 Å². The van der Waals surface area contributed by atoms with Gasteiger partial charge in [-0.25, -0.2) is 0 Å². The Bertz CT molecular complexity index is 387. The highest BCUT2D eigenvalue weighted by molar-refractivity contribution is 5.97. The fourth-order valence-corrected chi connectivity index (χ4v) is 1.04. The average Bonchev–Trinajstić information content (AvgIpc) is 2.18. The number of rotatable bonds is 4. The summed E-state index contributed by atoms with van der Waals surface area (Å²) in [5.41, 5.74) is 0.283. The molecule has 0 aliphatic rings. The van der Waals surface area contributed by atoms with Crippen LogP contribution >= 0.6 is 0 Å². The zero-order chi connectivity index (χ0) is 11.4. The van der Waals surface area contributed by atoms with Gasteiger partial charge in [-0.3, -0.25) is 9.59 Å². The Balaban J connectivity index is 2.78. The van der Waals surface area contributed by atoms with Gasteiger partial charge in [-0.2, -0.15) is 0 Å². The van der Waals surface area contributed by atoms with Gasteiger partial charge in [-0.1, -0.05) is 37.2 Å². The molecule has 1 aromatic rings. The summed E-state index contributed by atoms with van der Waals surface area (Å²) in [6.07, 6.45) is -0.0643. The lowest BCUT2D eigenvalue weighted by molar-refractivity contribution is -0.141. The Kier molecular flexibility index (Phi) is 2.91. The first-order chi connectivity index (χ1) is 7.02. The lowest BCUT2D eigenvalue weighted by Gasteiger charge is -2.04. The molecule has 0 saturated carbocycles. The van der Waals surface area contributed by atoms with Gasteiger partial charge >= 0.3 is 5.97 Å². The molecule has 1 aromatic carbocycles. The zero-order valence-electron chi connectivity index (χ0n) is 8.86. The fourth-order valence-electron chi connectivity index (χ4n) is 1.04. The third kappa shape index (κ3) is 2.69. The number of carboxylic acid groups (broad SMARTS) is 1. The molecule has 0 heterocycles. The molecule has 1 unspecified atom stereocenters. The maximum atomic E-state index is 11.6. The number of carbonyl (C=O) groups excluding carboxylic acids is 1. The lowest BCUT2D eigenvalue weighted by Crippen LogP contribution is -2.14. The predicted molar refractivity (Wildman–Crippen MR) is 52.2 cm³/mol. The predicted octanol–water partition coefficient (Wildman–Crippen LogP) is 1.98. The molecular weight excluding hydrogens is 180 g/mol. The van der Waals surface area contributed by atoms with Crippen LogP contribution in [0.25, 0.3) is 0 Å². The molecule has 1 rings (SSSR count). The molecule has 0 radical (unpaired) electrons. The van der Waals surface area contributed by atoms with Crippen LogP contribution < -0.4 is 0 Å². The monoisotopic (exact) mass is 193 g/mol. The Morgan fingerprint density at radius 1 is 1.50 bits per heavy atom. The van der Waals surface area contributed by atoms with E-state index < -0.39 is 11.9 Å². The van der Waals surface area contributed by atoms with E-state index in [1.165, 1.54) is 13.0 Å². The highest BCUT2D eigenvalue weighted by atomic mass is 16.4. The average molecular weight is 193 g/mol. The van der Waals surface area contributed by atoms with Crippen LogP contribution in [0.15, 0.2) is 30.3 Å². The topological polar surface area (TPSA) is 54.4 Å². The summed E-state index contributed by atoms with van der Waals surface area (Å²) in [5, 5.41) is 8.65. The quantitative estimate of drug-likeness (QED) is 0.744. The van der Waals surface area contributed by atoms with Gasteiger partial charge in [-0.15, -0.1) is 0 Å². The van der Waals surface area contributed by atoms with E-state index in [1.54, 1.807) is 18.2 Å². The summed E-state index contributed by atoms with van der Waals surface area (Å²) in [7, 11) is 0. The highest BCUT2D eigenvalue weighted by Crippen LogP contribution is 2.09. The van der Waals surface area contributed by atoms with E-state index in [9.17, 15) is 9.59 Å². The minimum atomic E-state index is -0.995. The number of ketones is 1. The molecule has 0 fully saturated rings. The van der Waals surface area contributed by atoms with E-state index >= 15 is 0 Å². The number of aliphatic carboxylic acids is 1. The summed E-state index contributed by atoms with van der Waals surface area (Å²) < 4.78 is 7.48. The van der Waals surface area contributed by atoms with Crippen molar-refractivity contribution in [1.29, 1.82) is 0 Å². The molecule has 0 aromatic heterocycles. The van der Waals surface area contributed by atoms with Crippen molar-refractivity contribution in [2.75, 3.05) is 0 Å². The van der Waals surface area contributed by atoms with E-state index in [4.69, 9.17) is 6.48 Å². The van der Waals surface area contributed by atoms with Gasteiger partial charge < -0.3 is 5.11 Å². The summed E-state index contributed by atoms with van der Waals surface area (Å²) >= 11 is 0. The Hall–Kier alpha value is -1.64.